The molecule has 2 aromatic carbocycles. The largest absolute Gasteiger partial charge is 0.378 e. The maximum Gasteiger partial charge on any atom is 0.159 e. The molecule has 3 atom stereocenters. The molecule has 2 aromatic rings. The average Bonchev–Trinajstić information content (AvgIpc) is 3.04. The van der Waals surface area contributed by atoms with E-state index in [9.17, 15) is 4.79 Å². The van der Waals surface area contributed by atoms with Crippen molar-refractivity contribution < 1.29 is 4.79 Å². The number of Topliss-reactive ketones (excluding diaryl/α,β-unsaturated/α-hetero) is 1. The van der Waals surface area contributed by atoms with Gasteiger partial charge in [0.25, 0.3) is 0 Å². The maximum atomic E-state index is 11.7. The molecule has 0 fully saturated rings. The third-order valence-electron chi connectivity index (χ3n) is 5.00. The molecule has 0 saturated carbocycles. The molecule has 4 rings (SSSR count). The van der Waals surface area contributed by atoms with E-state index in [1.807, 2.05) is 24.3 Å². The van der Waals surface area contributed by atoms with Crippen molar-refractivity contribution in [3.8, 4) is 0 Å². The van der Waals surface area contributed by atoms with Crippen LogP contribution in [-0.4, -0.2) is 5.78 Å². The first kappa shape index (κ1) is 14.5. The number of carbonyl (C=O) groups is 1. The smallest absolute Gasteiger partial charge is 0.159 e. The van der Waals surface area contributed by atoms with Crippen LogP contribution in [0.15, 0.2) is 54.6 Å². The van der Waals surface area contributed by atoms with Gasteiger partial charge in [-0.15, -0.1) is 0 Å². The van der Waals surface area contributed by atoms with Gasteiger partial charge in [-0.1, -0.05) is 35.9 Å². The molecule has 1 aliphatic heterocycles. The lowest BCUT2D eigenvalue weighted by molar-refractivity contribution is 0.101. The minimum absolute atomic E-state index is 0.117. The van der Waals surface area contributed by atoms with Crippen LogP contribution < -0.4 is 5.32 Å². The second-order valence-corrected chi connectivity index (χ2v) is 6.82. The molecule has 1 aliphatic carbocycles. The van der Waals surface area contributed by atoms with Gasteiger partial charge >= 0.3 is 0 Å². The number of carbonyl (C=O) groups excluding carboxylic acids is 1. The van der Waals surface area contributed by atoms with Gasteiger partial charge in [0, 0.05) is 22.2 Å². The van der Waals surface area contributed by atoms with Crippen molar-refractivity contribution in [1.82, 2.24) is 0 Å². The molecule has 0 aromatic heterocycles. The van der Waals surface area contributed by atoms with E-state index in [1.165, 1.54) is 11.1 Å². The van der Waals surface area contributed by atoms with Gasteiger partial charge in [0.05, 0.1) is 6.04 Å². The zero-order chi connectivity index (χ0) is 16.0. The van der Waals surface area contributed by atoms with Crippen molar-refractivity contribution in [3.63, 3.8) is 0 Å². The summed E-state index contributed by atoms with van der Waals surface area (Å²) in [5.74, 6) is 0.961. The number of hydrogen-bond donors (Lipinski definition) is 1. The zero-order valence-corrected chi connectivity index (χ0v) is 13.7. The van der Waals surface area contributed by atoms with Gasteiger partial charge < -0.3 is 5.32 Å². The van der Waals surface area contributed by atoms with E-state index in [0.29, 0.717) is 11.8 Å². The number of anilines is 1. The van der Waals surface area contributed by atoms with Crippen LogP contribution in [0.4, 0.5) is 5.69 Å². The van der Waals surface area contributed by atoms with Crippen LogP contribution in [0, 0.1) is 5.92 Å². The van der Waals surface area contributed by atoms with Crippen LogP contribution in [0.1, 0.15) is 46.8 Å². The van der Waals surface area contributed by atoms with Gasteiger partial charge in [0.2, 0.25) is 0 Å². The Balaban J connectivity index is 1.77. The monoisotopic (exact) mass is 323 g/mol. The average molecular weight is 324 g/mol. The van der Waals surface area contributed by atoms with Gasteiger partial charge in [-0.05, 0) is 60.7 Å². The van der Waals surface area contributed by atoms with E-state index in [0.717, 1.165) is 22.7 Å². The summed E-state index contributed by atoms with van der Waals surface area (Å²) < 4.78 is 0. The molecule has 0 amide bonds. The van der Waals surface area contributed by atoms with Gasteiger partial charge in [-0.2, -0.15) is 0 Å². The Hall–Kier alpha value is -2.06. The molecular formula is C20H18ClNO. The Morgan fingerprint density at radius 1 is 1.17 bits per heavy atom. The molecule has 0 radical (unpaired) electrons. The highest BCUT2D eigenvalue weighted by atomic mass is 35.5. The summed E-state index contributed by atoms with van der Waals surface area (Å²) in [6.45, 7) is 1.62. The summed E-state index contributed by atoms with van der Waals surface area (Å²) in [6, 6.07) is 14.4. The van der Waals surface area contributed by atoms with Crippen molar-refractivity contribution in [2.75, 3.05) is 5.32 Å². The van der Waals surface area contributed by atoms with Crippen LogP contribution in [0.5, 0.6) is 0 Å². The lowest BCUT2D eigenvalue weighted by atomic mass is 9.76. The molecule has 2 nitrogen and oxygen atoms in total. The molecular weight excluding hydrogens is 306 g/mol. The Kier molecular flexibility index (Phi) is 3.50. The van der Waals surface area contributed by atoms with Crippen LogP contribution in [-0.2, 0) is 0 Å². The quantitative estimate of drug-likeness (QED) is 0.594. The molecule has 0 spiro atoms. The number of halogens is 1. The van der Waals surface area contributed by atoms with Crippen molar-refractivity contribution in [1.29, 1.82) is 0 Å². The van der Waals surface area contributed by atoms with E-state index in [1.54, 1.807) is 6.92 Å². The Labute approximate surface area is 141 Å². The zero-order valence-electron chi connectivity index (χ0n) is 12.9. The minimum Gasteiger partial charge on any atom is -0.378 e. The van der Waals surface area contributed by atoms with E-state index < -0.39 is 0 Å². The highest BCUT2D eigenvalue weighted by Crippen LogP contribution is 2.49. The topological polar surface area (TPSA) is 29.1 Å². The second-order valence-electron chi connectivity index (χ2n) is 6.39. The highest BCUT2D eigenvalue weighted by molar-refractivity contribution is 6.30. The third kappa shape index (κ3) is 2.47. The van der Waals surface area contributed by atoms with Gasteiger partial charge in [0.15, 0.2) is 5.78 Å². The summed E-state index contributed by atoms with van der Waals surface area (Å²) in [6.07, 6.45) is 5.60. The fourth-order valence-electron chi connectivity index (χ4n) is 3.81. The van der Waals surface area contributed by atoms with Gasteiger partial charge in [0.1, 0.15) is 0 Å². The predicted octanol–water partition coefficient (Wildman–Crippen LogP) is 5.37. The third-order valence-corrected chi connectivity index (χ3v) is 5.25. The lowest BCUT2D eigenvalue weighted by Gasteiger charge is -2.37. The number of benzene rings is 2. The normalized spacial score (nSPS) is 24.7. The summed E-state index contributed by atoms with van der Waals surface area (Å²) >= 11 is 6.03. The summed E-state index contributed by atoms with van der Waals surface area (Å²) in [4.78, 5) is 11.7. The molecule has 116 valence electrons. The Bertz CT molecular complexity index is 794. The first-order valence-corrected chi connectivity index (χ1v) is 8.35. The van der Waals surface area contributed by atoms with E-state index in [4.69, 9.17) is 11.6 Å². The Morgan fingerprint density at radius 2 is 1.96 bits per heavy atom. The van der Waals surface area contributed by atoms with E-state index in [2.05, 4.69) is 35.7 Å². The number of ketones is 1. The second kappa shape index (κ2) is 5.54. The van der Waals surface area contributed by atoms with E-state index in [-0.39, 0.29) is 11.8 Å². The molecule has 2 aliphatic rings. The van der Waals surface area contributed by atoms with Gasteiger partial charge in [-0.3, -0.25) is 4.79 Å². The summed E-state index contributed by atoms with van der Waals surface area (Å²) in [7, 11) is 0. The fraction of sp³-hybridized carbons (Fsp3) is 0.250. The molecule has 0 unspecified atom stereocenters. The van der Waals surface area contributed by atoms with Crippen LogP contribution in [0.2, 0.25) is 5.02 Å². The molecule has 1 N–H and O–H groups in total. The van der Waals surface area contributed by atoms with Crippen molar-refractivity contribution in [2.45, 2.75) is 25.3 Å². The van der Waals surface area contributed by atoms with Crippen LogP contribution in [0.25, 0.3) is 0 Å². The number of nitrogens with one attached hydrogen (secondary N) is 1. The number of fused-ring (bicyclic) bond motifs is 3. The molecule has 23 heavy (non-hydrogen) atoms. The molecule has 0 bridgehead atoms. The van der Waals surface area contributed by atoms with Crippen molar-refractivity contribution in [3.05, 3.63) is 76.3 Å². The standard InChI is InChI=1S/C20H18ClNO/c1-12(23)14-7-10-19-18(11-14)16-3-2-4-17(16)20(22-19)13-5-8-15(21)9-6-13/h2-3,5-11,16-17,20,22H,4H2,1H3/t16-,17+,20-/m0/s1. The molecule has 0 saturated heterocycles. The number of rotatable bonds is 2. The SMILES string of the molecule is CC(=O)c1ccc2c(c1)[C@H]1C=CC[C@H]1[C@H](c1ccc(Cl)cc1)N2. The summed E-state index contributed by atoms with van der Waals surface area (Å²) in [5.41, 5.74) is 4.41. The molecule has 3 heteroatoms. The van der Waals surface area contributed by atoms with Crippen molar-refractivity contribution in [2.24, 2.45) is 5.92 Å². The fourth-order valence-corrected chi connectivity index (χ4v) is 3.94. The first-order valence-electron chi connectivity index (χ1n) is 7.97. The van der Waals surface area contributed by atoms with Crippen LogP contribution >= 0.6 is 11.6 Å². The first-order chi connectivity index (χ1) is 11.1. The minimum atomic E-state index is 0.117. The lowest BCUT2D eigenvalue weighted by Crippen LogP contribution is -2.29. The number of allylic oxidation sites excluding steroid dienone is 2. The summed E-state index contributed by atoms with van der Waals surface area (Å²) in [5, 5.41) is 4.44. The number of hydrogen-bond acceptors (Lipinski definition) is 2. The highest BCUT2D eigenvalue weighted by Gasteiger charge is 2.37. The van der Waals surface area contributed by atoms with E-state index >= 15 is 0 Å². The van der Waals surface area contributed by atoms with Crippen LogP contribution in [0.3, 0.4) is 0 Å². The Morgan fingerprint density at radius 3 is 2.70 bits per heavy atom. The van der Waals surface area contributed by atoms with Crippen molar-refractivity contribution >= 4 is 23.1 Å². The predicted molar refractivity (Wildman–Crippen MR) is 94.3 cm³/mol. The van der Waals surface area contributed by atoms with Gasteiger partial charge in [-0.25, -0.2) is 0 Å². The molecule has 1 heterocycles. The maximum absolute atomic E-state index is 11.7.